The first kappa shape index (κ1) is 22.0. The fourth-order valence-electron chi connectivity index (χ4n) is 2.67. The van der Waals surface area contributed by atoms with Crippen molar-refractivity contribution in [2.45, 2.75) is 26.5 Å². The minimum atomic E-state index is -3.08. The van der Waals surface area contributed by atoms with E-state index in [2.05, 4.69) is 15.4 Å². The quantitative estimate of drug-likeness (QED) is 0.575. The Morgan fingerprint density at radius 1 is 1.39 bits per heavy atom. The van der Waals surface area contributed by atoms with Crippen LogP contribution in [0.15, 0.2) is 18.2 Å². The van der Waals surface area contributed by atoms with Crippen molar-refractivity contribution in [3.05, 3.63) is 18.2 Å². The van der Waals surface area contributed by atoms with Crippen molar-refractivity contribution in [3.63, 3.8) is 0 Å². The van der Waals surface area contributed by atoms with Crippen LogP contribution < -0.4 is 26.0 Å². The molecule has 0 radical (unpaired) electrons. The standard InChI is InChI=1S/C18H26F2N4O4/c1-11(2)9-22-13(8-21)17(26)23-12-3-4-14(15(7-12)28-18(19)20)24-5-6-27-10-16(24)25/h3-4,7,11,13,18,22H,5-6,8-10,21H2,1-2H3,(H,23,26)/t13-/m1/s1. The molecule has 0 spiro atoms. The van der Waals surface area contributed by atoms with Gasteiger partial charge in [0.25, 0.3) is 5.91 Å². The fraction of sp³-hybridized carbons (Fsp3) is 0.556. The second-order valence-corrected chi connectivity index (χ2v) is 6.74. The Kier molecular flexibility index (Phi) is 8.09. The van der Waals surface area contributed by atoms with E-state index in [0.29, 0.717) is 12.5 Å². The molecule has 1 aliphatic rings. The van der Waals surface area contributed by atoms with Gasteiger partial charge in [-0.15, -0.1) is 0 Å². The minimum absolute atomic E-state index is 0.0826. The fourth-order valence-corrected chi connectivity index (χ4v) is 2.67. The van der Waals surface area contributed by atoms with Gasteiger partial charge in [0.1, 0.15) is 6.61 Å². The normalized spacial score (nSPS) is 15.8. The highest BCUT2D eigenvalue weighted by molar-refractivity contribution is 5.98. The third-order valence-corrected chi connectivity index (χ3v) is 4.04. The lowest BCUT2D eigenvalue weighted by Crippen LogP contribution is -2.47. The maximum Gasteiger partial charge on any atom is 0.387 e. The van der Waals surface area contributed by atoms with E-state index in [1.165, 1.54) is 23.1 Å². The number of alkyl halides is 2. The summed E-state index contributed by atoms with van der Waals surface area (Å²) in [6.45, 7) is 1.98. The monoisotopic (exact) mass is 400 g/mol. The molecule has 1 atom stereocenters. The molecular formula is C18H26F2N4O4. The average molecular weight is 400 g/mol. The smallest absolute Gasteiger partial charge is 0.387 e. The van der Waals surface area contributed by atoms with Gasteiger partial charge in [-0.3, -0.25) is 9.59 Å². The number of benzene rings is 1. The number of carbonyl (C=O) groups excluding carboxylic acids is 2. The van der Waals surface area contributed by atoms with Gasteiger partial charge in [0.2, 0.25) is 5.91 Å². The Hall–Kier alpha value is -2.30. The molecule has 8 nitrogen and oxygen atoms in total. The number of rotatable bonds is 9. The summed E-state index contributed by atoms with van der Waals surface area (Å²) in [5.74, 6) is -0.620. The molecule has 2 rings (SSSR count). The highest BCUT2D eigenvalue weighted by Gasteiger charge is 2.25. The number of carbonyl (C=O) groups is 2. The number of nitrogens with one attached hydrogen (secondary N) is 2. The van der Waals surface area contributed by atoms with Gasteiger partial charge in [0, 0.05) is 24.8 Å². The number of morpholine rings is 1. The van der Waals surface area contributed by atoms with E-state index in [-0.39, 0.29) is 55.2 Å². The zero-order valence-corrected chi connectivity index (χ0v) is 15.9. The van der Waals surface area contributed by atoms with Crippen molar-refractivity contribution in [2.24, 2.45) is 11.7 Å². The van der Waals surface area contributed by atoms with Crippen molar-refractivity contribution in [1.29, 1.82) is 0 Å². The molecule has 10 heteroatoms. The second-order valence-electron chi connectivity index (χ2n) is 6.74. The average Bonchev–Trinajstić information content (AvgIpc) is 2.62. The summed E-state index contributed by atoms with van der Waals surface area (Å²) in [4.78, 5) is 25.7. The van der Waals surface area contributed by atoms with E-state index in [4.69, 9.17) is 10.5 Å². The molecule has 1 aliphatic heterocycles. The predicted molar refractivity (Wildman–Crippen MR) is 101 cm³/mol. The second kappa shape index (κ2) is 10.3. The lowest BCUT2D eigenvalue weighted by atomic mass is 10.2. The first-order valence-corrected chi connectivity index (χ1v) is 9.03. The summed E-state index contributed by atoms with van der Waals surface area (Å²) in [6, 6.07) is 3.61. The zero-order chi connectivity index (χ0) is 20.7. The van der Waals surface area contributed by atoms with E-state index in [0.717, 1.165) is 0 Å². The molecule has 0 aromatic heterocycles. The van der Waals surface area contributed by atoms with Crippen molar-refractivity contribution < 1.29 is 27.8 Å². The molecule has 1 saturated heterocycles. The highest BCUT2D eigenvalue weighted by atomic mass is 19.3. The largest absolute Gasteiger partial charge is 0.433 e. The Balaban J connectivity index is 2.18. The Morgan fingerprint density at radius 3 is 2.75 bits per heavy atom. The van der Waals surface area contributed by atoms with Crippen LogP contribution in [0.3, 0.4) is 0 Å². The molecular weight excluding hydrogens is 374 g/mol. The summed E-state index contributed by atoms with van der Waals surface area (Å²) in [7, 11) is 0. The van der Waals surface area contributed by atoms with Gasteiger partial charge in [0.05, 0.1) is 18.3 Å². The van der Waals surface area contributed by atoms with Gasteiger partial charge in [-0.2, -0.15) is 8.78 Å². The summed E-state index contributed by atoms with van der Waals surface area (Å²) in [5.41, 5.74) is 6.10. The molecule has 0 bridgehead atoms. The third-order valence-electron chi connectivity index (χ3n) is 4.04. The lowest BCUT2D eigenvalue weighted by molar-refractivity contribution is -0.125. The van der Waals surface area contributed by atoms with Crippen LogP contribution in [0.1, 0.15) is 13.8 Å². The number of ether oxygens (including phenoxy) is 2. The summed E-state index contributed by atoms with van der Waals surface area (Å²) in [5, 5.41) is 5.69. The topological polar surface area (TPSA) is 106 Å². The number of hydrogen-bond donors (Lipinski definition) is 3. The van der Waals surface area contributed by atoms with Crippen molar-refractivity contribution in [1.82, 2.24) is 5.32 Å². The van der Waals surface area contributed by atoms with Gasteiger partial charge >= 0.3 is 6.61 Å². The Labute approximate surface area is 162 Å². The van der Waals surface area contributed by atoms with Crippen LogP contribution >= 0.6 is 0 Å². The molecule has 28 heavy (non-hydrogen) atoms. The third kappa shape index (κ3) is 6.11. The predicted octanol–water partition coefficient (Wildman–Crippen LogP) is 1.16. The maximum atomic E-state index is 12.9. The van der Waals surface area contributed by atoms with Crippen LogP contribution in [0, 0.1) is 5.92 Å². The van der Waals surface area contributed by atoms with Crippen LogP contribution in [0.5, 0.6) is 5.75 Å². The Bertz CT molecular complexity index is 688. The van der Waals surface area contributed by atoms with Crippen molar-refractivity contribution >= 4 is 23.2 Å². The molecule has 0 unspecified atom stereocenters. The Morgan fingerprint density at radius 2 is 2.14 bits per heavy atom. The van der Waals surface area contributed by atoms with Crippen LogP contribution in [-0.4, -0.2) is 57.3 Å². The van der Waals surface area contributed by atoms with Gasteiger partial charge in [0.15, 0.2) is 5.75 Å². The van der Waals surface area contributed by atoms with Crippen molar-refractivity contribution in [2.75, 3.05) is 43.1 Å². The number of hydrogen-bond acceptors (Lipinski definition) is 6. The van der Waals surface area contributed by atoms with Gasteiger partial charge in [-0.1, -0.05) is 13.8 Å². The molecule has 0 saturated carbocycles. The summed E-state index contributed by atoms with van der Waals surface area (Å²) in [6.07, 6.45) is 0. The summed E-state index contributed by atoms with van der Waals surface area (Å²) < 4.78 is 35.3. The van der Waals surface area contributed by atoms with E-state index in [9.17, 15) is 18.4 Å². The molecule has 156 valence electrons. The van der Waals surface area contributed by atoms with Crippen LogP contribution in [0.4, 0.5) is 20.2 Å². The number of amides is 2. The number of anilines is 2. The van der Waals surface area contributed by atoms with Crippen molar-refractivity contribution in [3.8, 4) is 5.75 Å². The molecule has 1 fully saturated rings. The number of nitrogens with zero attached hydrogens (tertiary/aromatic N) is 1. The molecule has 4 N–H and O–H groups in total. The maximum absolute atomic E-state index is 12.9. The first-order chi connectivity index (χ1) is 13.3. The van der Waals surface area contributed by atoms with E-state index >= 15 is 0 Å². The zero-order valence-electron chi connectivity index (χ0n) is 15.9. The molecule has 1 heterocycles. The van der Waals surface area contributed by atoms with Crippen LogP contribution in [0.25, 0.3) is 0 Å². The van der Waals surface area contributed by atoms with E-state index in [1.807, 2.05) is 13.8 Å². The SMILES string of the molecule is CC(C)CN[C@H](CN)C(=O)Nc1ccc(N2CCOCC2=O)c(OC(F)F)c1. The van der Waals surface area contributed by atoms with Gasteiger partial charge < -0.3 is 30.7 Å². The van der Waals surface area contributed by atoms with Gasteiger partial charge in [-0.05, 0) is 24.6 Å². The van der Waals surface area contributed by atoms with E-state index in [1.54, 1.807) is 0 Å². The first-order valence-electron chi connectivity index (χ1n) is 9.03. The highest BCUT2D eigenvalue weighted by Crippen LogP contribution is 2.33. The van der Waals surface area contributed by atoms with Crippen LogP contribution in [0.2, 0.25) is 0 Å². The van der Waals surface area contributed by atoms with Crippen LogP contribution in [-0.2, 0) is 14.3 Å². The molecule has 1 aromatic rings. The molecule has 0 aliphatic carbocycles. The van der Waals surface area contributed by atoms with E-state index < -0.39 is 12.7 Å². The molecule has 1 aromatic carbocycles. The number of halogens is 2. The van der Waals surface area contributed by atoms with Gasteiger partial charge in [-0.25, -0.2) is 0 Å². The number of nitrogens with two attached hydrogens (primary N) is 1. The lowest BCUT2D eigenvalue weighted by Gasteiger charge is -2.28. The summed E-state index contributed by atoms with van der Waals surface area (Å²) >= 11 is 0. The molecule has 2 amide bonds. The minimum Gasteiger partial charge on any atom is -0.433 e.